The monoisotopic (exact) mass is 398 g/mol. The molecule has 1 unspecified atom stereocenters. The zero-order valence-corrected chi connectivity index (χ0v) is 16.2. The van der Waals surface area contributed by atoms with Crippen LogP contribution in [0.25, 0.3) is 0 Å². The van der Waals surface area contributed by atoms with Crippen LogP contribution in [-0.2, 0) is 9.53 Å². The smallest absolute Gasteiger partial charge is 0.338 e. The highest BCUT2D eigenvalue weighted by molar-refractivity contribution is 5.96. The Hall–Kier alpha value is -3.22. The third-order valence-electron chi connectivity index (χ3n) is 4.83. The van der Waals surface area contributed by atoms with Gasteiger partial charge in [0.2, 0.25) is 5.91 Å². The van der Waals surface area contributed by atoms with Crippen molar-refractivity contribution in [2.45, 2.75) is 19.8 Å². The van der Waals surface area contributed by atoms with Gasteiger partial charge in [-0.2, -0.15) is 0 Å². The van der Waals surface area contributed by atoms with Crippen LogP contribution in [0.3, 0.4) is 0 Å². The third-order valence-corrected chi connectivity index (χ3v) is 4.83. The van der Waals surface area contributed by atoms with Crippen LogP contribution in [0.4, 0.5) is 10.1 Å². The average Bonchev–Trinajstić information content (AvgIpc) is 2.74. The van der Waals surface area contributed by atoms with E-state index in [9.17, 15) is 18.8 Å². The van der Waals surface area contributed by atoms with Gasteiger partial charge in [-0.3, -0.25) is 9.59 Å². The largest absolute Gasteiger partial charge is 0.462 e. The molecule has 1 N–H and O–H groups in total. The number of nitrogens with one attached hydrogen (secondary N) is 1. The van der Waals surface area contributed by atoms with E-state index in [-0.39, 0.29) is 17.7 Å². The molecule has 1 saturated heterocycles. The Morgan fingerprint density at radius 2 is 1.72 bits per heavy atom. The van der Waals surface area contributed by atoms with Gasteiger partial charge in [-0.25, -0.2) is 9.18 Å². The van der Waals surface area contributed by atoms with E-state index in [0.717, 1.165) is 0 Å². The number of carbonyl (C=O) groups is 3. The van der Waals surface area contributed by atoms with E-state index in [1.807, 2.05) is 0 Å². The number of esters is 1. The summed E-state index contributed by atoms with van der Waals surface area (Å²) in [6.45, 7) is 2.91. The first-order valence-electron chi connectivity index (χ1n) is 9.61. The first-order chi connectivity index (χ1) is 14.0. The third kappa shape index (κ3) is 5.19. The number of amides is 2. The van der Waals surface area contributed by atoms with Gasteiger partial charge in [0.1, 0.15) is 5.82 Å². The number of benzene rings is 2. The molecule has 1 heterocycles. The number of hydrogen-bond acceptors (Lipinski definition) is 4. The SMILES string of the molecule is CCOC(=O)c1ccc(NC(=O)C2CCCN(C(=O)c3ccc(F)cc3)C2)cc1. The van der Waals surface area contributed by atoms with Crippen molar-refractivity contribution in [3.05, 3.63) is 65.5 Å². The standard InChI is InChI=1S/C22H23FN2O4/c1-2-29-22(28)16-7-11-19(12-8-16)24-20(26)17-4-3-13-25(14-17)21(27)15-5-9-18(23)10-6-15/h5-12,17H,2-4,13-14H2,1H3,(H,24,26). The van der Waals surface area contributed by atoms with E-state index in [1.54, 1.807) is 36.1 Å². The lowest BCUT2D eigenvalue weighted by Crippen LogP contribution is -2.43. The van der Waals surface area contributed by atoms with E-state index >= 15 is 0 Å². The molecule has 3 rings (SSSR count). The summed E-state index contributed by atoms with van der Waals surface area (Å²) in [5.74, 6) is -1.52. The number of likely N-dealkylation sites (tertiary alicyclic amines) is 1. The van der Waals surface area contributed by atoms with Crippen LogP contribution in [0.15, 0.2) is 48.5 Å². The van der Waals surface area contributed by atoms with Crippen molar-refractivity contribution in [2.24, 2.45) is 5.92 Å². The van der Waals surface area contributed by atoms with E-state index in [0.29, 0.717) is 49.4 Å². The minimum absolute atomic E-state index is 0.175. The molecule has 2 aromatic rings. The number of anilines is 1. The lowest BCUT2D eigenvalue weighted by Gasteiger charge is -2.32. The quantitative estimate of drug-likeness (QED) is 0.783. The fourth-order valence-electron chi connectivity index (χ4n) is 3.30. The molecule has 1 aliphatic heterocycles. The van der Waals surface area contributed by atoms with Gasteiger partial charge < -0.3 is 15.0 Å². The van der Waals surface area contributed by atoms with E-state index in [4.69, 9.17) is 4.74 Å². The fraction of sp³-hybridized carbons (Fsp3) is 0.318. The second-order valence-electron chi connectivity index (χ2n) is 6.88. The highest BCUT2D eigenvalue weighted by Crippen LogP contribution is 2.21. The van der Waals surface area contributed by atoms with Crippen molar-refractivity contribution >= 4 is 23.5 Å². The van der Waals surface area contributed by atoms with Crippen molar-refractivity contribution < 1.29 is 23.5 Å². The summed E-state index contributed by atoms with van der Waals surface area (Å²) in [6.07, 6.45) is 1.40. The van der Waals surface area contributed by atoms with Crippen molar-refractivity contribution in [1.29, 1.82) is 0 Å². The summed E-state index contributed by atoms with van der Waals surface area (Å²) in [5.41, 5.74) is 1.39. The van der Waals surface area contributed by atoms with Crippen molar-refractivity contribution in [3.8, 4) is 0 Å². The second kappa shape index (κ2) is 9.32. The second-order valence-corrected chi connectivity index (χ2v) is 6.88. The molecule has 1 fully saturated rings. The van der Waals surface area contributed by atoms with Crippen LogP contribution in [0, 0.1) is 11.7 Å². The highest BCUT2D eigenvalue weighted by atomic mass is 19.1. The van der Waals surface area contributed by atoms with Gasteiger partial charge in [0.25, 0.3) is 5.91 Å². The van der Waals surface area contributed by atoms with Gasteiger partial charge in [0.05, 0.1) is 18.1 Å². The maximum Gasteiger partial charge on any atom is 0.338 e. The fourth-order valence-corrected chi connectivity index (χ4v) is 3.30. The topological polar surface area (TPSA) is 75.7 Å². The number of ether oxygens (including phenoxy) is 1. The normalized spacial score (nSPS) is 16.2. The number of rotatable bonds is 5. The first-order valence-corrected chi connectivity index (χ1v) is 9.61. The van der Waals surface area contributed by atoms with Crippen LogP contribution in [0.2, 0.25) is 0 Å². The molecule has 0 spiro atoms. The van der Waals surface area contributed by atoms with Crippen LogP contribution in [0.5, 0.6) is 0 Å². The summed E-state index contributed by atoms with van der Waals surface area (Å²) >= 11 is 0. The van der Waals surface area contributed by atoms with Crippen LogP contribution in [-0.4, -0.2) is 42.4 Å². The van der Waals surface area contributed by atoms with Gasteiger partial charge in [-0.05, 0) is 68.3 Å². The molecule has 2 amide bonds. The van der Waals surface area contributed by atoms with Gasteiger partial charge >= 0.3 is 5.97 Å². The Morgan fingerprint density at radius 1 is 1.07 bits per heavy atom. The molecule has 0 aliphatic carbocycles. The Labute approximate surface area is 168 Å². The molecule has 152 valence electrons. The lowest BCUT2D eigenvalue weighted by atomic mass is 9.96. The highest BCUT2D eigenvalue weighted by Gasteiger charge is 2.29. The summed E-state index contributed by atoms with van der Waals surface area (Å²) in [6, 6.07) is 11.9. The first kappa shape index (κ1) is 20.5. The van der Waals surface area contributed by atoms with E-state index < -0.39 is 11.8 Å². The zero-order valence-electron chi connectivity index (χ0n) is 16.2. The zero-order chi connectivity index (χ0) is 20.8. The van der Waals surface area contributed by atoms with Crippen molar-refractivity contribution in [1.82, 2.24) is 4.90 Å². The minimum Gasteiger partial charge on any atom is -0.462 e. The number of halogens is 1. The Balaban J connectivity index is 1.60. The van der Waals surface area contributed by atoms with Gasteiger partial charge in [0, 0.05) is 24.3 Å². The average molecular weight is 398 g/mol. The summed E-state index contributed by atoms with van der Waals surface area (Å²) in [4.78, 5) is 38.6. The Kier molecular flexibility index (Phi) is 6.59. The molecule has 0 radical (unpaired) electrons. The summed E-state index contributed by atoms with van der Waals surface area (Å²) in [5, 5.41) is 2.84. The molecule has 2 aromatic carbocycles. The number of carbonyl (C=O) groups excluding carboxylic acids is 3. The van der Waals surface area contributed by atoms with E-state index in [1.165, 1.54) is 24.3 Å². The number of nitrogens with zero attached hydrogens (tertiary/aromatic N) is 1. The van der Waals surface area contributed by atoms with Crippen molar-refractivity contribution in [2.75, 3.05) is 25.0 Å². The van der Waals surface area contributed by atoms with Crippen LogP contribution < -0.4 is 5.32 Å². The molecule has 1 atom stereocenters. The van der Waals surface area contributed by atoms with Gasteiger partial charge in [-0.15, -0.1) is 0 Å². The molecule has 6 nitrogen and oxygen atoms in total. The summed E-state index contributed by atoms with van der Waals surface area (Å²) in [7, 11) is 0. The molecule has 29 heavy (non-hydrogen) atoms. The molecule has 0 bridgehead atoms. The molecule has 0 saturated carbocycles. The number of hydrogen-bond donors (Lipinski definition) is 1. The van der Waals surface area contributed by atoms with Crippen LogP contribution >= 0.6 is 0 Å². The minimum atomic E-state index is -0.410. The van der Waals surface area contributed by atoms with Gasteiger partial charge in [-0.1, -0.05) is 0 Å². The maximum absolute atomic E-state index is 13.1. The predicted octanol–water partition coefficient (Wildman–Crippen LogP) is 3.49. The Morgan fingerprint density at radius 3 is 2.38 bits per heavy atom. The Bertz CT molecular complexity index is 881. The van der Waals surface area contributed by atoms with Gasteiger partial charge in [0.15, 0.2) is 0 Å². The van der Waals surface area contributed by atoms with Crippen molar-refractivity contribution in [3.63, 3.8) is 0 Å². The predicted molar refractivity (Wildman–Crippen MR) is 106 cm³/mol. The molecule has 1 aliphatic rings. The van der Waals surface area contributed by atoms with E-state index in [2.05, 4.69) is 5.32 Å². The summed E-state index contributed by atoms with van der Waals surface area (Å²) < 4.78 is 18.0. The molecule has 7 heteroatoms. The molecule has 0 aromatic heterocycles. The van der Waals surface area contributed by atoms with Crippen LogP contribution in [0.1, 0.15) is 40.5 Å². The number of piperidine rings is 1. The molecular weight excluding hydrogens is 375 g/mol. The maximum atomic E-state index is 13.1. The lowest BCUT2D eigenvalue weighted by molar-refractivity contribution is -0.121. The molecular formula is C22H23FN2O4.